The number of para-hydroxylation sites is 2. The average molecular weight is 413 g/mol. The number of oxazole rings is 1. The van der Waals surface area contributed by atoms with Crippen molar-refractivity contribution in [2.24, 2.45) is 0 Å². The van der Waals surface area contributed by atoms with Gasteiger partial charge < -0.3 is 9.73 Å². The Labute approximate surface area is 141 Å². The van der Waals surface area contributed by atoms with E-state index in [1.165, 1.54) is 3.57 Å². The molecule has 0 aliphatic carbocycles. The van der Waals surface area contributed by atoms with E-state index in [9.17, 15) is 0 Å². The maximum atomic E-state index is 6.11. The number of nitrogens with one attached hydrogen (secondary N) is 1. The Morgan fingerprint density at radius 2 is 2.10 bits per heavy atom. The molecule has 0 aliphatic heterocycles. The standard InChI is InChI=1S/C16H14ClIN2O/c1-19-14(11-8-10(17)6-7-12(11)18)9-16-20-13-4-2-3-5-15(13)21-16/h2-8,14,19H,9H2,1H3. The van der Waals surface area contributed by atoms with E-state index < -0.39 is 0 Å². The minimum Gasteiger partial charge on any atom is -0.441 e. The summed E-state index contributed by atoms with van der Waals surface area (Å²) in [4.78, 5) is 4.54. The molecule has 1 N–H and O–H groups in total. The predicted molar refractivity (Wildman–Crippen MR) is 93.7 cm³/mol. The number of aromatic nitrogens is 1. The van der Waals surface area contributed by atoms with Gasteiger partial charge in [0.2, 0.25) is 0 Å². The molecule has 1 heterocycles. The molecule has 0 spiro atoms. The molecule has 1 atom stereocenters. The van der Waals surface area contributed by atoms with Crippen LogP contribution in [0.4, 0.5) is 0 Å². The van der Waals surface area contributed by atoms with Gasteiger partial charge in [-0.15, -0.1) is 0 Å². The third-order valence-corrected chi connectivity index (χ3v) is 4.62. The molecule has 1 aromatic heterocycles. The van der Waals surface area contributed by atoms with Crippen molar-refractivity contribution < 1.29 is 4.42 Å². The van der Waals surface area contributed by atoms with Crippen LogP contribution in [-0.4, -0.2) is 12.0 Å². The lowest BCUT2D eigenvalue weighted by Gasteiger charge is -2.16. The van der Waals surface area contributed by atoms with Gasteiger partial charge in [0.15, 0.2) is 11.5 Å². The summed E-state index contributed by atoms with van der Waals surface area (Å²) in [6, 6.07) is 13.8. The van der Waals surface area contributed by atoms with Crippen molar-refractivity contribution in [3.63, 3.8) is 0 Å². The maximum absolute atomic E-state index is 6.11. The van der Waals surface area contributed by atoms with Gasteiger partial charge in [0.1, 0.15) is 5.52 Å². The van der Waals surface area contributed by atoms with Crippen molar-refractivity contribution in [1.82, 2.24) is 10.3 Å². The van der Waals surface area contributed by atoms with E-state index >= 15 is 0 Å². The summed E-state index contributed by atoms with van der Waals surface area (Å²) < 4.78 is 6.98. The molecule has 0 amide bonds. The van der Waals surface area contributed by atoms with Gasteiger partial charge in [-0.25, -0.2) is 4.98 Å². The van der Waals surface area contributed by atoms with E-state index in [2.05, 4.69) is 32.9 Å². The highest BCUT2D eigenvalue weighted by molar-refractivity contribution is 14.1. The zero-order chi connectivity index (χ0) is 14.8. The SMILES string of the molecule is CNC(Cc1nc2ccccc2o1)c1cc(Cl)ccc1I. The van der Waals surface area contributed by atoms with Crippen molar-refractivity contribution in [3.05, 3.63) is 62.5 Å². The van der Waals surface area contributed by atoms with E-state index in [0.717, 1.165) is 27.6 Å². The van der Waals surface area contributed by atoms with Gasteiger partial charge in [-0.1, -0.05) is 23.7 Å². The van der Waals surface area contributed by atoms with Gasteiger partial charge >= 0.3 is 0 Å². The summed E-state index contributed by atoms with van der Waals surface area (Å²) in [5, 5.41) is 4.05. The molecule has 0 aliphatic rings. The summed E-state index contributed by atoms with van der Waals surface area (Å²) in [7, 11) is 1.93. The second-order valence-corrected chi connectivity index (χ2v) is 6.39. The molecular formula is C16H14ClIN2O. The van der Waals surface area contributed by atoms with E-state index in [0.29, 0.717) is 6.42 Å². The zero-order valence-electron chi connectivity index (χ0n) is 11.4. The van der Waals surface area contributed by atoms with Crippen LogP contribution in [-0.2, 0) is 6.42 Å². The molecule has 21 heavy (non-hydrogen) atoms. The molecule has 3 rings (SSSR count). The number of hydrogen-bond acceptors (Lipinski definition) is 3. The van der Waals surface area contributed by atoms with Crippen LogP contribution in [0.2, 0.25) is 5.02 Å². The van der Waals surface area contributed by atoms with Gasteiger partial charge in [0.25, 0.3) is 0 Å². The van der Waals surface area contributed by atoms with Gasteiger partial charge in [-0.2, -0.15) is 0 Å². The molecule has 0 saturated heterocycles. The average Bonchev–Trinajstić information content (AvgIpc) is 2.90. The summed E-state index contributed by atoms with van der Waals surface area (Å²) in [5.74, 6) is 0.728. The molecule has 0 saturated carbocycles. The number of benzene rings is 2. The van der Waals surface area contributed by atoms with Crippen LogP contribution in [0.3, 0.4) is 0 Å². The number of rotatable bonds is 4. The van der Waals surface area contributed by atoms with Crippen LogP contribution in [0.25, 0.3) is 11.1 Å². The zero-order valence-corrected chi connectivity index (χ0v) is 14.4. The Balaban J connectivity index is 1.91. The predicted octanol–water partition coefficient (Wildman–Crippen LogP) is 4.59. The van der Waals surface area contributed by atoms with Crippen LogP contribution in [0.5, 0.6) is 0 Å². The third-order valence-electron chi connectivity index (χ3n) is 3.40. The number of nitrogens with zero attached hydrogens (tertiary/aromatic N) is 1. The quantitative estimate of drug-likeness (QED) is 0.637. The summed E-state index contributed by atoms with van der Waals surface area (Å²) in [6.45, 7) is 0. The topological polar surface area (TPSA) is 38.1 Å². The number of halogens is 2. The minimum atomic E-state index is 0.115. The summed E-state index contributed by atoms with van der Waals surface area (Å²) in [6.07, 6.45) is 0.682. The second-order valence-electron chi connectivity index (χ2n) is 4.79. The fourth-order valence-electron chi connectivity index (χ4n) is 2.33. The maximum Gasteiger partial charge on any atom is 0.197 e. The van der Waals surface area contributed by atoms with Crippen molar-refractivity contribution in [3.8, 4) is 0 Å². The Hall–Kier alpha value is -1.11. The highest BCUT2D eigenvalue weighted by Gasteiger charge is 2.17. The molecule has 2 aromatic carbocycles. The lowest BCUT2D eigenvalue weighted by atomic mass is 10.0. The van der Waals surface area contributed by atoms with Crippen LogP contribution in [0, 0.1) is 3.57 Å². The van der Waals surface area contributed by atoms with E-state index in [4.69, 9.17) is 16.0 Å². The number of fused-ring (bicyclic) bond motifs is 1. The highest BCUT2D eigenvalue weighted by Crippen LogP contribution is 2.27. The molecule has 108 valence electrons. The van der Waals surface area contributed by atoms with Gasteiger partial charge in [0.05, 0.1) is 0 Å². The Morgan fingerprint density at radius 1 is 1.29 bits per heavy atom. The molecule has 5 heteroatoms. The lowest BCUT2D eigenvalue weighted by molar-refractivity contribution is 0.473. The normalized spacial score (nSPS) is 12.7. The number of likely N-dealkylation sites (N-methyl/N-ethyl adjacent to an activating group) is 1. The highest BCUT2D eigenvalue weighted by atomic mass is 127. The summed E-state index contributed by atoms with van der Waals surface area (Å²) >= 11 is 8.44. The Bertz CT molecular complexity index is 739. The van der Waals surface area contributed by atoms with Gasteiger partial charge in [-0.05, 0) is 65.5 Å². The van der Waals surface area contributed by atoms with E-state index in [-0.39, 0.29) is 6.04 Å². The molecule has 3 nitrogen and oxygen atoms in total. The van der Waals surface area contributed by atoms with Crippen LogP contribution < -0.4 is 5.32 Å². The van der Waals surface area contributed by atoms with Crippen LogP contribution in [0.1, 0.15) is 17.5 Å². The van der Waals surface area contributed by atoms with Gasteiger partial charge in [-0.3, -0.25) is 0 Å². The monoisotopic (exact) mass is 412 g/mol. The Morgan fingerprint density at radius 3 is 2.86 bits per heavy atom. The van der Waals surface area contributed by atoms with E-state index in [1.807, 2.05) is 49.5 Å². The molecule has 1 unspecified atom stereocenters. The molecular weight excluding hydrogens is 399 g/mol. The first kappa shape index (κ1) is 14.8. The number of hydrogen-bond donors (Lipinski definition) is 1. The first-order valence-corrected chi connectivity index (χ1v) is 8.09. The van der Waals surface area contributed by atoms with Crippen molar-refractivity contribution in [1.29, 1.82) is 0 Å². The van der Waals surface area contributed by atoms with Crippen molar-refractivity contribution in [2.75, 3.05) is 7.05 Å². The lowest BCUT2D eigenvalue weighted by Crippen LogP contribution is -2.20. The van der Waals surface area contributed by atoms with Crippen LogP contribution >= 0.6 is 34.2 Å². The Kier molecular flexibility index (Phi) is 4.47. The molecule has 0 fully saturated rings. The minimum absolute atomic E-state index is 0.115. The van der Waals surface area contributed by atoms with Crippen molar-refractivity contribution in [2.45, 2.75) is 12.5 Å². The molecule has 0 bridgehead atoms. The first-order valence-electron chi connectivity index (χ1n) is 6.64. The second kappa shape index (κ2) is 6.34. The first-order chi connectivity index (χ1) is 10.2. The van der Waals surface area contributed by atoms with E-state index in [1.54, 1.807) is 0 Å². The van der Waals surface area contributed by atoms with Gasteiger partial charge in [0, 0.05) is 21.1 Å². The fraction of sp³-hybridized carbons (Fsp3) is 0.188. The largest absolute Gasteiger partial charge is 0.441 e. The third kappa shape index (κ3) is 3.22. The summed E-state index contributed by atoms with van der Waals surface area (Å²) in [5.41, 5.74) is 2.87. The molecule has 0 radical (unpaired) electrons. The fourth-order valence-corrected chi connectivity index (χ4v) is 3.22. The van der Waals surface area contributed by atoms with Crippen LogP contribution in [0.15, 0.2) is 46.9 Å². The smallest absolute Gasteiger partial charge is 0.197 e. The van der Waals surface area contributed by atoms with Crippen molar-refractivity contribution >= 4 is 45.3 Å². The molecule has 3 aromatic rings.